The molecule has 3 aliphatic heterocycles. The molecule has 0 unspecified atom stereocenters. The van der Waals surface area contributed by atoms with Crippen LogP contribution in [-0.2, 0) is 9.47 Å². The highest BCUT2D eigenvalue weighted by molar-refractivity contribution is 5.46. The number of fused-ring (bicyclic) bond motifs is 2. The topological polar surface area (TPSA) is 55.4 Å². The number of allylic oxidation sites excluding steroid dienone is 1. The monoisotopic (exact) mass is 424 g/mol. The van der Waals surface area contributed by atoms with E-state index >= 15 is 0 Å². The first-order chi connectivity index (χ1) is 15.1. The third-order valence-corrected chi connectivity index (χ3v) is 6.24. The first-order valence-electron chi connectivity index (χ1n) is 10.7. The molecule has 0 saturated carbocycles. The Hall–Kier alpha value is -2.70. The molecule has 164 valence electrons. The summed E-state index contributed by atoms with van der Waals surface area (Å²) in [6.07, 6.45) is 2.02. The second kappa shape index (κ2) is 8.44. The first kappa shape index (κ1) is 20.2. The van der Waals surface area contributed by atoms with Gasteiger partial charge in [0, 0.05) is 11.8 Å². The predicted octanol–water partition coefficient (Wildman–Crippen LogP) is 4.84. The van der Waals surface area contributed by atoms with Crippen LogP contribution in [-0.4, -0.2) is 33.7 Å². The highest BCUT2D eigenvalue weighted by Gasteiger charge is 2.48. The van der Waals surface area contributed by atoms with E-state index in [1.54, 1.807) is 7.11 Å². The van der Waals surface area contributed by atoms with Gasteiger partial charge in [-0.1, -0.05) is 17.7 Å². The lowest BCUT2D eigenvalue weighted by Gasteiger charge is -2.18. The molecular weight excluding hydrogens is 396 g/mol. The molecule has 0 amide bonds. The summed E-state index contributed by atoms with van der Waals surface area (Å²) in [6.45, 7) is 6.23. The maximum Gasteiger partial charge on any atom is 0.231 e. The third-order valence-electron chi connectivity index (χ3n) is 6.24. The van der Waals surface area contributed by atoms with Crippen LogP contribution in [0.4, 0.5) is 0 Å². The molecule has 6 heteroatoms. The van der Waals surface area contributed by atoms with Gasteiger partial charge in [0.2, 0.25) is 6.79 Å². The van der Waals surface area contributed by atoms with E-state index in [4.69, 9.17) is 28.4 Å². The van der Waals surface area contributed by atoms with Crippen molar-refractivity contribution in [2.75, 3.05) is 33.7 Å². The Kier molecular flexibility index (Phi) is 5.50. The third kappa shape index (κ3) is 3.86. The minimum Gasteiger partial charge on any atom is -0.493 e. The maximum absolute atomic E-state index is 6.26. The van der Waals surface area contributed by atoms with Crippen LogP contribution in [0.2, 0.25) is 0 Å². The van der Waals surface area contributed by atoms with Gasteiger partial charge in [-0.2, -0.15) is 0 Å². The fourth-order valence-corrected chi connectivity index (χ4v) is 4.60. The summed E-state index contributed by atoms with van der Waals surface area (Å²) in [5.74, 6) is 3.62. The van der Waals surface area contributed by atoms with E-state index in [0.29, 0.717) is 25.7 Å². The number of hydrogen-bond acceptors (Lipinski definition) is 6. The smallest absolute Gasteiger partial charge is 0.231 e. The van der Waals surface area contributed by atoms with Gasteiger partial charge in [-0.15, -0.1) is 0 Å². The quantitative estimate of drug-likeness (QED) is 0.619. The van der Waals surface area contributed by atoms with Crippen LogP contribution in [0.25, 0.3) is 0 Å². The van der Waals surface area contributed by atoms with Gasteiger partial charge in [-0.3, -0.25) is 0 Å². The van der Waals surface area contributed by atoms with Crippen molar-refractivity contribution in [3.8, 4) is 23.0 Å². The van der Waals surface area contributed by atoms with Crippen LogP contribution >= 0.6 is 0 Å². The highest BCUT2D eigenvalue weighted by atomic mass is 16.7. The van der Waals surface area contributed by atoms with E-state index in [9.17, 15) is 0 Å². The molecule has 0 aliphatic carbocycles. The number of benzene rings is 2. The van der Waals surface area contributed by atoms with Crippen molar-refractivity contribution in [3.63, 3.8) is 0 Å². The predicted molar refractivity (Wildman–Crippen MR) is 115 cm³/mol. The average Bonchev–Trinajstić information content (AvgIpc) is 3.49. The summed E-state index contributed by atoms with van der Waals surface area (Å²) >= 11 is 0. The Labute approximate surface area is 182 Å². The molecule has 2 saturated heterocycles. The van der Waals surface area contributed by atoms with E-state index in [2.05, 4.69) is 26.0 Å². The average molecular weight is 424 g/mol. The fraction of sp³-hybridized carbons (Fsp3) is 0.440. The summed E-state index contributed by atoms with van der Waals surface area (Å²) in [5, 5.41) is 0. The summed E-state index contributed by atoms with van der Waals surface area (Å²) in [4.78, 5) is 0. The summed E-state index contributed by atoms with van der Waals surface area (Å²) in [7, 11) is 1.67. The van der Waals surface area contributed by atoms with Crippen molar-refractivity contribution in [1.82, 2.24) is 0 Å². The van der Waals surface area contributed by atoms with Gasteiger partial charge in [0.15, 0.2) is 23.0 Å². The summed E-state index contributed by atoms with van der Waals surface area (Å²) in [5.41, 5.74) is 3.43. The molecule has 4 atom stereocenters. The Bertz CT molecular complexity index is 980. The van der Waals surface area contributed by atoms with Gasteiger partial charge < -0.3 is 28.4 Å². The molecule has 0 radical (unpaired) electrons. The van der Waals surface area contributed by atoms with Crippen molar-refractivity contribution >= 4 is 0 Å². The zero-order chi connectivity index (χ0) is 21.4. The van der Waals surface area contributed by atoms with E-state index in [-0.39, 0.29) is 24.9 Å². The second-order valence-electron chi connectivity index (χ2n) is 8.45. The largest absolute Gasteiger partial charge is 0.493 e. The molecule has 3 heterocycles. The maximum atomic E-state index is 6.26. The molecule has 6 nitrogen and oxygen atoms in total. The standard InChI is InChI=1S/C25H28O6/c1-15(2)8-9-27-20-6-4-16(10-22(20)26-3)24-18-12-29-25(19(18)13-28-24)17-5-7-21-23(11-17)31-14-30-21/h4-8,10-11,18-19,24-25H,9,12-14H2,1-3H3/t18-,19-,24+,25+/m0/s1. The van der Waals surface area contributed by atoms with Gasteiger partial charge in [0.05, 0.1) is 32.5 Å². The van der Waals surface area contributed by atoms with Gasteiger partial charge in [-0.05, 0) is 55.3 Å². The lowest BCUT2D eigenvalue weighted by Crippen LogP contribution is -2.14. The van der Waals surface area contributed by atoms with E-state index in [1.807, 2.05) is 30.3 Å². The number of methoxy groups -OCH3 is 1. The molecular formula is C25H28O6. The van der Waals surface area contributed by atoms with Crippen LogP contribution in [0.5, 0.6) is 23.0 Å². The zero-order valence-electron chi connectivity index (χ0n) is 18.1. The molecule has 3 aliphatic rings. The fourth-order valence-electron chi connectivity index (χ4n) is 4.60. The number of rotatable bonds is 6. The van der Waals surface area contributed by atoms with Gasteiger partial charge in [0.25, 0.3) is 0 Å². The van der Waals surface area contributed by atoms with Crippen LogP contribution in [0.1, 0.15) is 37.2 Å². The summed E-state index contributed by atoms with van der Waals surface area (Å²) < 4.78 is 34.9. The van der Waals surface area contributed by atoms with Crippen LogP contribution < -0.4 is 18.9 Å². The Morgan fingerprint density at radius 3 is 2.29 bits per heavy atom. The van der Waals surface area contributed by atoms with Crippen LogP contribution in [0.15, 0.2) is 48.0 Å². The lowest BCUT2D eigenvalue weighted by atomic mass is 9.85. The van der Waals surface area contributed by atoms with Crippen molar-refractivity contribution in [2.45, 2.75) is 26.1 Å². The summed E-state index contributed by atoms with van der Waals surface area (Å²) in [6, 6.07) is 12.1. The van der Waals surface area contributed by atoms with E-state index in [0.717, 1.165) is 34.1 Å². The van der Waals surface area contributed by atoms with E-state index < -0.39 is 0 Å². The Balaban J connectivity index is 1.32. The SMILES string of the molecule is COc1cc([C@H]2OC[C@H]3[C@@H]2CO[C@@H]3c2ccc3c(c2)OCO3)ccc1OCC=C(C)C. The molecule has 2 aromatic rings. The van der Waals surface area contributed by atoms with Crippen LogP contribution in [0.3, 0.4) is 0 Å². The van der Waals surface area contributed by atoms with Crippen molar-refractivity contribution in [1.29, 1.82) is 0 Å². The molecule has 2 aromatic carbocycles. The molecule has 0 bridgehead atoms. The molecule has 2 fully saturated rings. The number of hydrogen-bond donors (Lipinski definition) is 0. The number of ether oxygens (including phenoxy) is 6. The first-order valence-corrected chi connectivity index (χ1v) is 10.7. The zero-order valence-corrected chi connectivity index (χ0v) is 18.1. The Morgan fingerprint density at radius 1 is 0.903 bits per heavy atom. The van der Waals surface area contributed by atoms with Crippen LogP contribution in [0, 0.1) is 11.8 Å². The Morgan fingerprint density at radius 2 is 1.58 bits per heavy atom. The molecule has 0 spiro atoms. The van der Waals surface area contributed by atoms with Gasteiger partial charge >= 0.3 is 0 Å². The molecule has 0 N–H and O–H groups in total. The van der Waals surface area contributed by atoms with Gasteiger partial charge in [0.1, 0.15) is 6.61 Å². The molecule has 31 heavy (non-hydrogen) atoms. The molecule has 0 aromatic heterocycles. The van der Waals surface area contributed by atoms with Crippen molar-refractivity contribution in [3.05, 3.63) is 59.2 Å². The van der Waals surface area contributed by atoms with Crippen molar-refractivity contribution < 1.29 is 28.4 Å². The van der Waals surface area contributed by atoms with Gasteiger partial charge in [-0.25, -0.2) is 0 Å². The second-order valence-corrected chi connectivity index (χ2v) is 8.45. The highest BCUT2D eigenvalue weighted by Crippen LogP contribution is 2.51. The minimum absolute atomic E-state index is 0.00178. The normalized spacial score (nSPS) is 25.9. The minimum atomic E-state index is -0.0234. The molecule has 5 rings (SSSR count). The lowest BCUT2D eigenvalue weighted by molar-refractivity contribution is 0.0191. The van der Waals surface area contributed by atoms with E-state index in [1.165, 1.54) is 5.57 Å². The van der Waals surface area contributed by atoms with Crippen molar-refractivity contribution in [2.24, 2.45) is 11.8 Å².